The number of hydrogen-bond acceptors (Lipinski definition) is 3. The monoisotopic (exact) mass is 360 g/mol. The van der Waals surface area contributed by atoms with Crippen molar-refractivity contribution in [1.29, 1.82) is 0 Å². The van der Waals surface area contributed by atoms with Crippen LogP contribution in [0.3, 0.4) is 0 Å². The average Bonchev–Trinajstić information content (AvgIpc) is 2.38. The average molecular weight is 362 g/mol. The molecule has 1 heterocycles. The van der Waals surface area contributed by atoms with Crippen LogP contribution in [-0.2, 0) is 0 Å². The molecule has 1 aromatic rings. The molecule has 5 heteroatoms. The van der Waals surface area contributed by atoms with Crippen LogP contribution in [0.4, 0.5) is 5.69 Å². The smallest absolute Gasteiger partial charge is 0.156 e. The molecule has 3 nitrogen and oxygen atoms in total. The minimum Gasteiger partial charge on any atom is -0.493 e. The van der Waals surface area contributed by atoms with Crippen molar-refractivity contribution in [2.75, 3.05) is 32.6 Å². The second-order valence-electron chi connectivity index (χ2n) is 5.57. The molecule has 1 saturated heterocycles. The normalized spacial score (nSPS) is 21.6. The van der Waals surface area contributed by atoms with Gasteiger partial charge in [-0.1, -0.05) is 11.6 Å². The SMILES string of the molecule is COc1c(Br)cc(Cl)cc1NC(C)C1CCCN(C)C1. The molecule has 0 radical (unpaired) electrons. The minimum absolute atomic E-state index is 0.386. The van der Waals surface area contributed by atoms with Gasteiger partial charge in [-0.25, -0.2) is 0 Å². The molecule has 0 aliphatic carbocycles. The molecule has 1 N–H and O–H groups in total. The van der Waals surface area contributed by atoms with E-state index >= 15 is 0 Å². The van der Waals surface area contributed by atoms with Crippen LogP contribution in [0.5, 0.6) is 5.75 Å². The zero-order valence-corrected chi connectivity index (χ0v) is 14.6. The maximum absolute atomic E-state index is 6.14. The molecular formula is C15H22BrClN2O. The van der Waals surface area contributed by atoms with Crippen molar-refractivity contribution in [3.63, 3.8) is 0 Å². The lowest BCUT2D eigenvalue weighted by Gasteiger charge is -2.34. The third-order valence-electron chi connectivity index (χ3n) is 3.96. The van der Waals surface area contributed by atoms with Crippen LogP contribution in [-0.4, -0.2) is 38.2 Å². The number of rotatable bonds is 4. The number of halogens is 2. The summed E-state index contributed by atoms with van der Waals surface area (Å²) in [7, 11) is 3.87. The number of ether oxygens (including phenoxy) is 1. The van der Waals surface area contributed by atoms with E-state index in [0.717, 1.165) is 22.5 Å². The lowest BCUT2D eigenvalue weighted by Crippen LogP contribution is -2.39. The van der Waals surface area contributed by atoms with E-state index in [1.165, 1.54) is 19.4 Å². The number of nitrogens with zero attached hydrogens (tertiary/aromatic N) is 1. The second-order valence-corrected chi connectivity index (χ2v) is 6.86. The molecule has 20 heavy (non-hydrogen) atoms. The highest BCUT2D eigenvalue weighted by Gasteiger charge is 2.23. The second kappa shape index (κ2) is 7.01. The van der Waals surface area contributed by atoms with Gasteiger partial charge >= 0.3 is 0 Å². The molecule has 1 aliphatic heterocycles. The van der Waals surface area contributed by atoms with Crippen LogP contribution in [0.1, 0.15) is 19.8 Å². The summed E-state index contributed by atoms with van der Waals surface area (Å²) in [4.78, 5) is 2.40. The first-order valence-electron chi connectivity index (χ1n) is 6.99. The van der Waals surface area contributed by atoms with E-state index in [1.54, 1.807) is 7.11 Å². The fourth-order valence-electron chi connectivity index (χ4n) is 2.85. The Balaban J connectivity index is 2.12. The summed E-state index contributed by atoms with van der Waals surface area (Å²) in [6.07, 6.45) is 2.53. The van der Waals surface area contributed by atoms with Gasteiger partial charge in [0.1, 0.15) is 0 Å². The molecule has 2 rings (SSSR count). The van der Waals surface area contributed by atoms with Gasteiger partial charge in [0.2, 0.25) is 0 Å². The molecule has 0 bridgehead atoms. The summed E-state index contributed by atoms with van der Waals surface area (Å²) in [5, 5.41) is 4.27. The van der Waals surface area contributed by atoms with E-state index in [9.17, 15) is 0 Å². The molecule has 1 aliphatic rings. The summed E-state index contributed by atoms with van der Waals surface area (Å²) < 4.78 is 6.34. The van der Waals surface area contributed by atoms with Crippen LogP contribution in [0.15, 0.2) is 16.6 Å². The molecule has 112 valence electrons. The third kappa shape index (κ3) is 3.80. The van der Waals surface area contributed by atoms with Crippen molar-refractivity contribution in [2.45, 2.75) is 25.8 Å². The van der Waals surface area contributed by atoms with Crippen molar-refractivity contribution in [3.05, 3.63) is 21.6 Å². The van der Waals surface area contributed by atoms with Crippen LogP contribution in [0.25, 0.3) is 0 Å². The van der Waals surface area contributed by atoms with Gasteiger partial charge in [0, 0.05) is 17.6 Å². The lowest BCUT2D eigenvalue weighted by atomic mass is 9.91. The van der Waals surface area contributed by atoms with Crippen LogP contribution < -0.4 is 10.1 Å². The maximum Gasteiger partial charge on any atom is 0.156 e. The molecule has 0 saturated carbocycles. The van der Waals surface area contributed by atoms with Gasteiger partial charge in [-0.2, -0.15) is 0 Å². The first-order chi connectivity index (χ1) is 9.51. The maximum atomic E-state index is 6.14. The molecule has 0 aromatic heterocycles. The fraction of sp³-hybridized carbons (Fsp3) is 0.600. The Morgan fingerprint density at radius 1 is 1.50 bits per heavy atom. The van der Waals surface area contributed by atoms with Gasteiger partial charge < -0.3 is 15.0 Å². The van der Waals surface area contributed by atoms with Gasteiger partial charge in [0.05, 0.1) is 17.3 Å². The highest BCUT2D eigenvalue weighted by Crippen LogP contribution is 2.37. The van der Waals surface area contributed by atoms with E-state index < -0.39 is 0 Å². The van der Waals surface area contributed by atoms with Gasteiger partial charge in [-0.05, 0) is 67.3 Å². The minimum atomic E-state index is 0.386. The summed E-state index contributed by atoms with van der Waals surface area (Å²) in [6, 6.07) is 4.16. The van der Waals surface area contributed by atoms with E-state index in [0.29, 0.717) is 17.0 Å². The number of anilines is 1. The van der Waals surface area contributed by atoms with E-state index in [1.807, 2.05) is 12.1 Å². The topological polar surface area (TPSA) is 24.5 Å². The zero-order chi connectivity index (χ0) is 14.7. The lowest BCUT2D eigenvalue weighted by molar-refractivity contribution is 0.197. The summed E-state index contributed by atoms with van der Waals surface area (Å²) in [6.45, 7) is 4.57. The Kier molecular flexibility index (Phi) is 5.58. The number of hydrogen-bond donors (Lipinski definition) is 1. The quantitative estimate of drug-likeness (QED) is 0.867. The first-order valence-corrected chi connectivity index (χ1v) is 8.16. The standard InChI is InChI=1S/C15H22BrClN2O/c1-10(11-5-4-6-19(2)9-11)18-14-8-12(17)7-13(16)15(14)20-3/h7-8,10-11,18H,4-6,9H2,1-3H3. The number of benzene rings is 1. The van der Waals surface area contributed by atoms with Crippen molar-refractivity contribution < 1.29 is 4.74 Å². The first kappa shape index (κ1) is 15.9. The summed E-state index contributed by atoms with van der Waals surface area (Å²) in [5.41, 5.74) is 0.951. The Morgan fingerprint density at radius 2 is 2.25 bits per heavy atom. The van der Waals surface area contributed by atoms with Crippen LogP contribution in [0.2, 0.25) is 5.02 Å². The Bertz CT molecular complexity index is 469. The predicted octanol–water partition coefficient (Wildman–Crippen LogP) is 4.25. The van der Waals surface area contributed by atoms with Gasteiger partial charge in [-0.15, -0.1) is 0 Å². The number of nitrogens with one attached hydrogen (secondary N) is 1. The Morgan fingerprint density at radius 3 is 2.90 bits per heavy atom. The van der Waals surface area contributed by atoms with E-state index in [2.05, 4.69) is 40.1 Å². The Hall–Kier alpha value is -0.450. The molecule has 1 aromatic carbocycles. The van der Waals surface area contributed by atoms with Crippen molar-refractivity contribution in [2.24, 2.45) is 5.92 Å². The van der Waals surface area contributed by atoms with Gasteiger partial charge in [0.25, 0.3) is 0 Å². The highest BCUT2D eigenvalue weighted by atomic mass is 79.9. The highest BCUT2D eigenvalue weighted by molar-refractivity contribution is 9.10. The number of piperidine rings is 1. The molecule has 2 unspecified atom stereocenters. The zero-order valence-electron chi connectivity index (χ0n) is 12.2. The molecule has 0 spiro atoms. The molecule has 2 atom stereocenters. The summed E-state index contributed by atoms with van der Waals surface area (Å²) in [5.74, 6) is 1.46. The van der Waals surface area contributed by atoms with E-state index in [4.69, 9.17) is 16.3 Å². The molecule has 0 amide bonds. The van der Waals surface area contributed by atoms with E-state index in [-0.39, 0.29) is 0 Å². The number of methoxy groups -OCH3 is 1. The van der Waals surface area contributed by atoms with Crippen molar-refractivity contribution in [1.82, 2.24) is 4.90 Å². The van der Waals surface area contributed by atoms with Crippen molar-refractivity contribution >= 4 is 33.2 Å². The van der Waals surface area contributed by atoms with Gasteiger partial charge in [-0.3, -0.25) is 0 Å². The molecular weight excluding hydrogens is 340 g/mol. The van der Waals surface area contributed by atoms with Gasteiger partial charge in [0.15, 0.2) is 5.75 Å². The Labute approximate surface area is 134 Å². The number of likely N-dealkylation sites (tertiary alicyclic amines) is 1. The van der Waals surface area contributed by atoms with Crippen molar-refractivity contribution in [3.8, 4) is 5.75 Å². The summed E-state index contributed by atoms with van der Waals surface area (Å²) >= 11 is 9.63. The van der Waals surface area contributed by atoms with Crippen LogP contribution in [0, 0.1) is 5.92 Å². The van der Waals surface area contributed by atoms with Crippen LogP contribution >= 0.6 is 27.5 Å². The largest absolute Gasteiger partial charge is 0.493 e. The fourth-order valence-corrected chi connectivity index (χ4v) is 3.82. The molecule has 1 fully saturated rings. The third-order valence-corrected chi connectivity index (χ3v) is 4.77. The predicted molar refractivity (Wildman–Crippen MR) is 89.0 cm³/mol.